The third-order valence-electron chi connectivity index (χ3n) is 4.08. The van der Waals surface area contributed by atoms with E-state index in [0.29, 0.717) is 12.2 Å². The predicted octanol–water partition coefficient (Wildman–Crippen LogP) is 5.09. The molecule has 26 heavy (non-hydrogen) atoms. The Balaban J connectivity index is 1.86. The van der Waals surface area contributed by atoms with Gasteiger partial charge in [-0.2, -0.15) is 0 Å². The molecule has 3 rings (SSSR count). The molecule has 0 heterocycles. The molecule has 0 amide bonds. The van der Waals surface area contributed by atoms with Crippen molar-refractivity contribution in [2.75, 3.05) is 0 Å². The van der Waals surface area contributed by atoms with Crippen molar-refractivity contribution in [2.45, 2.75) is 13.5 Å². The Morgan fingerprint density at radius 2 is 1.58 bits per heavy atom. The van der Waals surface area contributed by atoms with E-state index in [1.807, 2.05) is 85.8 Å². The summed E-state index contributed by atoms with van der Waals surface area (Å²) in [7, 11) is 0. The van der Waals surface area contributed by atoms with Gasteiger partial charge in [-0.15, -0.1) is 0 Å². The van der Waals surface area contributed by atoms with E-state index in [1.54, 1.807) is 0 Å². The van der Waals surface area contributed by atoms with E-state index in [2.05, 4.69) is 0 Å². The van der Waals surface area contributed by atoms with E-state index in [-0.39, 0.29) is 0 Å². The van der Waals surface area contributed by atoms with Crippen LogP contribution in [0.3, 0.4) is 0 Å². The first-order valence-corrected chi connectivity index (χ1v) is 8.41. The van der Waals surface area contributed by atoms with Gasteiger partial charge in [0.1, 0.15) is 12.4 Å². The number of aryl methyl sites for hydroxylation is 1. The molecule has 0 spiro atoms. The Bertz CT molecular complexity index is 913. The van der Waals surface area contributed by atoms with Gasteiger partial charge in [-0.1, -0.05) is 66.7 Å². The van der Waals surface area contributed by atoms with E-state index >= 15 is 0 Å². The van der Waals surface area contributed by atoms with Gasteiger partial charge in [-0.3, -0.25) is 0 Å². The lowest BCUT2D eigenvalue weighted by Crippen LogP contribution is -1.99. The molecular formula is C23H20O3. The van der Waals surface area contributed by atoms with Crippen molar-refractivity contribution in [2.24, 2.45) is 0 Å². The van der Waals surface area contributed by atoms with Crippen LogP contribution in [0.5, 0.6) is 5.75 Å². The zero-order valence-electron chi connectivity index (χ0n) is 14.6. The Labute approximate surface area is 153 Å². The molecule has 3 aromatic carbocycles. The Morgan fingerprint density at radius 1 is 0.923 bits per heavy atom. The molecule has 3 heteroatoms. The first kappa shape index (κ1) is 17.5. The molecule has 130 valence electrons. The zero-order chi connectivity index (χ0) is 18.4. The van der Waals surface area contributed by atoms with Gasteiger partial charge in [0.05, 0.1) is 0 Å². The van der Waals surface area contributed by atoms with Gasteiger partial charge in [-0.05, 0) is 46.9 Å². The van der Waals surface area contributed by atoms with Crippen molar-refractivity contribution in [1.29, 1.82) is 0 Å². The summed E-state index contributed by atoms with van der Waals surface area (Å²) in [6.07, 6.45) is 1.24. The third-order valence-corrected chi connectivity index (χ3v) is 4.08. The fourth-order valence-electron chi connectivity index (χ4n) is 2.79. The van der Waals surface area contributed by atoms with Crippen LogP contribution in [0.25, 0.3) is 5.57 Å². The molecule has 0 unspecified atom stereocenters. The molecule has 0 radical (unpaired) electrons. The number of carbonyl (C=O) groups is 1. The molecule has 0 fully saturated rings. The molecule has 1 N–H and O–H groups in total. The summed E-state index contributed by atoms with van der Waals surface area (Å²) in [6, 6.07) is 25.3. The number of benzene rings is 3. The van der Waals surface area contributed by atoms with Gasteiger partial charge < -0.3 is 9.84 Å². The van der Waals surface area contributed by atoms with E-state index in [4.69, 9.17) is 4.74 Å². The highest BCUT2D eigenvalue weighted by Gasteiger charge is 2.10. The predicted molar refractivity (Wildman–Crippen MR) is 103 cm³/mol. The van der Waals surface area contributed by atoms with Crippen LogP contribution in [0.1, 0.15) is 22.3 Å². The number of aliphatic carboxylic acids is 1. The van der Waals surface area contributed by atoms with Crippen LogP contribution < -0.4 is 4.74 Å². The lowest BCUT2D eigenvalue weighted by atomic mass is 9.96. The second-order valence-electron chi connectivity index (χ2n) is 6.02. The van der Waals surface area contributed by atoms with Gasteiger partial charge in [0, 0.05) is 6.08 Å². The maximum atomic E-state index is 11.3. The first-order chi connectivity index (χ1) is 12.6. The fraction of sp³-hybridized carbons (Fsp3) is 0.0870. The highest BCUT2D eigenvalue weighted by molar-refractivity contribution is 5.95. The average Bonchev–Trinajstić information content (AvgIpc) is 2.66. The topological polar surface area (TPSA) is 46.5 Å². The Hall–Kier alpha value is -3.33. The summed E-state index contributed by atoms with van der Waals surface area (Å²) in [5.74, 6) is -0.175. The average molecular weight is 344 g/mol. The number of ether oxygens (including phenoxy) is 1. The van der Waals surface area contributed by atoms with Gasteiger partial charge in [0.2, 0.25) is 0 Å². The van der Waals surface area contributed by atoms with Crippen molar-refractivity contribution in [3.8, 4) is 5.75 Å². The fourth-order valence-corrected chi connectivity index (χ4v) is 2.79. The van der Waals surface area contributed by atoms with Crippen LogP contribution in [-0.2, 0) is 11.4 Å². The lowest BCUT2D eigenvalue weighted by Gasteiger charge is -2.13. The van der Waals surface area contributed by atoms with Gasteiger partial charge in [0.25, 0.3) is 0 Å². The Kier molecular flexibility index (Phi) is 5.49. The normalized spacial score (nSPS) is 11.2. The second kappa shape index (κ2) is 8.17. The van der Waals surface area contributed by atoms with Crippen LogP contribution in [0.4, 0.5) is 0 Å². The molecule has 0 saturated heterocycles. The number of hydrogen-bond acceptors (Lipinski definition) is 2. The molecule has 0 aliphatic carbocycles. The number of rotatable bonds is 6. The quantitative estimate of drug-likeness (QED) is 0.634. The highest BCUT2D eigenvalue weighted by atomic mass is 16.5. The van der Waals surface area contributed by atoms with Gasteiger partial charge in [0.15, 0.2) is 0 Å². The molecule has 3 aromatic rings. The van der Waals surface area contributed by atoms with Crippen molar-refractivity contribution < 1.29 is 14.6 Å². The van der Waals surface area contributed by atoms with Crippen molar-refractivity contribution in [3.05, 3.63) is 107 Å². The van der Waals surface area contributed by atoms with Crippen LogP contribution in [0.2, 0.25) is 0 Å². The van der Waals surface area contributed by atoms with E-state index in [1.165, 1.54) is 6.08 Å². The maximum Gasteiger partial charge on any atom is 0.328 e. The maximum absolute atomic E-state index is 11.3. The standard InChI is InChI=1S/C23H20O3/c1-17-14-20(21(15-23(24)25)19-10-6-3-7-11-19)12-13-22(17)26-16-18-8-4-2-5-9-18/h2-15H,16H2,1H3,(H,24,25). The molecule has 0 atom stereocenters. The third kappa shape index (κ3) is 4.39. The van der Waals surface area contributed by atoms with Crippen LogP contribution in [0.15, 0.2) is 84.9 Å². The summed E-state index contributed by atoms with van der Waals surface area (Å²) < 4.78 is 5.91. The van der Waals surface area contributed by atoms with Crippen LogP contribution >= 0.6 is 0 Å². The monoisotopic (exact) mass is 344 g/mol. The number of carboxylic acids is 1. The van der Waals surface area contributed by atoms with Crippen LogP contribution in [0, 0.1) is 6.92 Å². The molecule has 0 bridgehead atoms. The van der Waals surface area contributed by atoms with Gasteiger partial charge >= 0.3 is 5.97 Å². The minimum atomic E-state index is -0.967. The summed E-state index contributed by atoms with van der Waals surface area (Å²) in [5.41, 5.74) is 4.46. The summed E-state index contributed by atoms with van der Waals surface area (Å²) in [4.78, 5) is 11.3. The summed E-state index contributed by atoms with van der Waals surface area (Å²) in [5, 5.41) is 9.24. The molecule has 3 nitrogen and oxygen atoms in total. The number of carboxylic acid groups (broad SMARTS) is 1. The van der Waals surface area contributed by atoms with Crippen molar-refractivity contribution >= 4 is 11.5 Å². The molecular weight excluding hydrogens is 324 g/mol. The van der Waals surface area contributed by atoms with Crippen molar-refractivity contribution in [1.82, 2.24) is 0 Å². The van der Waals surface area contributed by atoms with E-state index in [0.717, 1.165) is 28.0 Å². The minimum absolute atomic E-state index is 0.498. The largest absolute Gasteiger partial charge is 0.489 e. The Morgan fingerprint density at radius 3 is 2.19 bits per heavy atom. The van der Waals surface area contributed by atoms with Crippen molar-refractivity contribution in [3.63, 3.8) is 0 Å². The highest BCUT2D eigenvalue weighted by Crippen LogP contribution is 2.28. The second-order valence-corrected chi connectivity index (χ2v) is 6.02. The summed E-state index contributed by atoms with van der Waals surface area (Å²) in [6.45, 7) is 2.46. The zero-order valence-corrected chi connectivity index (χ0v) is 14.6. The van der Waals surface area contributed by atoms with E-state index < -0.39 is 5.97 Å². The smallest absolute Gasteiger partial charge is 0.328 e. The van der Waals surface area contributed by atoms with E-state index in [9.17, 15) is 9.90 Å². The number of hydrogen-bond donors (Lipinski definition) is 1. The van der Waals surface area contributed by atoms with Crippen LogP contribution in [-0.4, -0.2) is 11.1 Å². The molecule has 0 aliphatic rings. The molecule has 0 aliphatic heterocycles. The molecule has 0 aromatic heterocycles. The summed E-state index contributed by atoms with van der Waals surface area (Å²) >= 11 is 0. The first-order valence-electron chi connectivity index (χ1n) is 8.41. The van der Waals surface area contributed by atoms with Gasteiger partial charge in [-0.25, -0.2) is 4.79 Å². The molecule has 0 saturated carbocycles. The minimum Gasteiger partial charge on any atom is -0.489 e. The SMILES string of the molecule is Cc1cc(C(=CC(=O)O)c2ccccc2)ccc1OCc1ccccc1. The lowest BCUT2D eigenvalue weighted by molar-refractivity contribution is -0.131.